The lowest BCUT2D eigenvalue weighted by Crippen LogP contribution is -2.54. The van der Waals surface area contributed by atoms with Crippen molar-refractivity contribution >= 4 is 23.3 Å². The Bertz CT molecular complexity index is 579. The first-order valence-corrected chi connectivity index (χ1v) is 6.65. The molecule has 0 saturated carbocycles. The molecular formula is C15H20N2O3. The van der Waals surface area contributed by atoms with Crippen molar-refractivity contribution in [3.05, 3.63) is 23.3 Å². The first kappa shape index (κ1) is 14.4. The van der Waals surface area contributed by atoms with E-state index in [-0.39, 0.29) is 18.9 Å². The maximum absolute atomic E-state index is 12.5. The predicted octanol–water partition coefficient (Wildman–Crippen LogP) is 2.32. The summed E-state index contributed by atoms with van der Waals surface area (Å²) in [7, 11) is 0. The number of aryl methyl sites for hydroxylation is 2. The minimum atomic E-state index is -0.903. The Balaban J connectivity index is 2.47. The van der Waals surface area contributed by atoms with Gasteiger partial charge in [-0.1, -0.05) is 0 Å². The number of fused-ring (bicyclic) bond motifs is 1. The number of carboxylic acids is 1. The fraction of sp³-hybridized carbons (Fsp3) is 0.467. The van der Waals surface area contributed by atoms with Gasteiger partial charge in [0.15, 0.2) is 0 Å². The highest BCUT2D eigenvalue weighted by molar-refractivity contribution is 6.07. The molecule has 0 radical (unpaired) electrons. The second-order valence-corrected chi connectivity index (χ2v) is 5.80. The van der Waals surface area contributed by atoms with E-state index in [0.29, 0.717) is 0 Å². The van der Waals surface area contributed by atoms with E-state index in [9.17, 15) is 9.59 Å². The highest BCUT2D eigenvalue weighted by Gasteiger charge is 2.38. The molecule has 0 unspecified atom stereocenters. The molecule has 1 aliphatic rings. The quantitative estimate of drug-likeness (QED) is 0.889. The van der Waals surface area contributed by atoms with Crippen molar-refractivity contribution in [3.63, 3.8) is 0 Å². The van der Waals surface area contributed by atoms with Crippen LogP contribution in [0.1, 0.15) is 31.4 Å². The Hall–Kier alpha value is -2.04. The fourth-order valence-electron chi connectivity index (χ4n) is 2.39. The smallest absolute Gasteiger partial charge is 0.305 e. The Labute approximate surface area is 118 Å². The molecule has 1 aromatic carbocycles. The van der Waals surface area contributed by atoms with E-state index in [1.165, 1.54) is 0 Å². The number of hydrogen-bond acceptors (Lipinski definition) is 3. The van der Waals surface area contributed by atoms with Gasteiger partial charge < -0.3 is 15.3 Å². The number of nitrogens with one attached hydrogen (secondary N) is 1. The molecule has 0 aliphatic carbocycles. The van der Waals surface area contributed by atoms with Crippen molar-refractivity contribution in [2.24, 2.45) is 0 Å². The molecule has 0 fully saturated rings. The molecule has 5 nitrogen and oxygen atoms in total. The minimum absolute atomic E-state index is 0.0613. The van der Waals surface area contributed by atoms with Crippen LogP contribution in [-0.2, 0) is 9.59 Å². The van der Waals surface area contributed by atoms with Crippen LogP contribution < -0.4 is 10.2 Å². The number of rotatable bonds is 3. The van der Waals surface area contributed by atoms with Gasteiger partial charge in [0.05, 0.1) is 17.8 Å². The topological polar surface area (TPSA) is 69.6 Å². The maximum Gasteiger partial charge on any atom is 0.305 e. The summed E-state index contributed by atoms with van der Waals surface area (Å²) in [6.45, 7) is 7.80. The summed E-state index contributed by atoms with van der Waals surface area (Å²) < 4.78 is 0. The van der Waals surface area contributed by atoms with Gasteiger partial charge in [-0.3, -0.25) is 9.59 Å². The average molecular weight is 276 g/mol. The molecule has 2 N–H and O–H groups in total. The molecule has 1 heterocycles. The highest BCUT2D eigenvalue weighted by atomic mass is 16.4. The number of nitrogens with zero attached hydrogens (tertiary/aromatic N) is 1. The number of anilines is 2. The number of benzene rings is 1. The highest BCUT2D eigenvalue weighted by Crippen LogP contribution is 2.37. The number of hydrogen-bond donors (Lipinski definition) is 2. The van der Waals surface area contributed by atoms with E-state index in [2.05, 4.69) is 5.32 Å². The molecule has 2 rings (SSSR count). The Morgan fingerprint density at radius 1 is 1.30 bits per heavy atom. The summed E-state index contributed by atoms with van der Waals surface area (Å²) in [5.74, 6) is -1.01. The zero-order valence-electron chi connectivity index (χ0n) is 12.3. The lowest BCUT2D eigenvalue weighted by atomic mass is 9.95. The zero-order chi connectivity index (χ0) is 15.1. The van der Waals surface area contributed by atoms with Crippen LogP contribution >= 0.6 is 0 Å². The van der Waals surface area contributed by atoms with Crippen LogP contribution in [0.3, 0.4) is 0 Å². The number of carbonyl (C=O) groups excluding carboxylic acids is 1. The van der Waals surface area contributed by atoms with Crippen LogP contribution in [0.2, 0.25) is 0 Å². The minimum Gasteiger partial charge on any atom is -0.481 e. The zero-order valence-corrected chi connectivity index (χ0v) is 12.3. The molecule has 1 amide bonds. The van der Waals surface area contributed by atoms with Crippen LogP contribution in [0, 0.1) is 13.8 Å². The molecule has 0 bridgehead atoms. The van der Waals surface area contributed by atoms with E-state index in [0.717, 1.165) is 22.5 Å². The first-order valence-electron chi connectivity index (χ1n) is 6.65. The standard InChI is InChI=1S/C15H20N2O3/c1-9-7-11-12(8-10(9)2)17(6-5-13(18)19)14(20)15(3,4)16-11/h7-8,16H,5-6H2,1-4H3,(H,18,19). The summed E-state index contributed by atoms with van der Waals surface area (Å²) >= 11 is 0. The van der Waals surface area contributed by atoms with E-state index in [4.69, 9.17) is 5.11 Å². The first-order chi connectivity index (χ1) is 9.22. The van der Waals surface area contributed by atoms with Gasteiger partial charge >= 0.3 is 5.97 Å². The lowest BCUT2D eigenvalue weighted by molar-refractivity contribution is -0.136. The monoisotopic (exact) mass is 276 g/mol. The number of carbonyl (C=O) groups is 2. The van der Waals surface area contributed by atoms with Gasteiger partial charge in [-0.15, -0.1) is 0 Å². The SMILES string of the molecule is Cc1cc2c(cc1C)N(CCC(=O)O)C(=O)C(C)(C)N2. The molecule has 0 spiro atoms. The molecule has 20 heavy (non-hydrogen) atoms. The Morgan fingerprint density at radius 3 is 2.50 bits per heavy atom. The third-order valence-electron chi connectivity index (χ3n) is 3.68. The van der Waals surface area contributed by atoms with Gasteiger partial charge in [-0.05, 0) is 51.0 Å². The Morgan fingerprint density at radius 2 is 1.90 bits per heavy atom. The summed E-state index contributed by atoms with van der Waals surface area (Å²) in [4.78, 5) is 24.9. The normalized spacial score (nSPS) is 16.6. The van der Waals surface area contributed by atoms with Gasteiger partial charge in [0, 0.05) is 6.54 Å². The van der Waals surface area contributed by atoms with Crippen LogP contribution in [0.4, 0.5) is 11.4 Å². The third kappa shape index (κ3) is 2.48. The van der Waals surface area contributed by atoms with Gasteiger partial charge in [-0.2, -0.15) is 0 Å². The van der Waals surface area contributed by atoms with Crippen LogP contribution in [-0.4, -0.2) is 29.1 Å². The van der Waals surface area contributed by atoms with Crippen molar-refractivity contribution < 1.29 is 14.7 Å². The van der Waals surface area contributed by atoms with Crippen molar-refractivity contribution in [1.82, 2.24) is 0 Å². The predicted molar refractivity (Wildman–Crippen MR) is 78.2 cm³/mol. The molecule has 1 aromatic rings. The molecule has 0 saturated heterocycles. The van der Waals surface area contributed by atoms with Gasteiger partial charge in [0.25, 0.3) is 5.91 Å². The van der Waals surface area contributed by atoms with Crippen LogP contribution in [0.5, 0.6) is 0 Å². The Kier molecular flexibility index (Phi) is 3.46. The molecular weight excluding hydrogens is 256 g/mol. The van der Waals surface area contributed by atoms with E-state index in [1.54, 1.807) is 18.7 Å². The van der Waals surface area contributed by atoms with Gasteiger partial charge in [0.2, 0.25) is 0 Å². The summed E-state index contributed by atoms with van der Waals surface area (Å²) in [5.41, 5.74) is 3.13. The third-order valence-corrected chi connectivity index (χ3v) is 3.68. The van der Waals surface area contributed by atoms with E-state index >= 15 is 0 Å². The number of aliphatic carboxylic acids is 1. The number of amides is 1. The lowest BCUT2D eigenvalue weighted by Gasteiger charge is -2.40. The second kappa shape index (κ2) is 4.81. The summed E-state index contributed by atoms with van der Waals surface area (Å²) in [6.07, 6.45) is -0.0613. The van der Waals surface area contributed by atoms with Crippen LogP contribution in [0.25, 0.3) is 0 Å². The van der Waals surface area contributed by atoms with Crippen molar-refractivity contribution in [3.8, 4) is 0 Å². The molecule has 5 heteroatoms. The molecule has 108 valence electrons. The fourth-order valence-corrected chi connectivity index (χ4v) is 2.39. The van der Waals surface area contributed by atoms with Gasteiger partial charge in [-0.25, -0.2) is 0 Å². The summed E-state index contributed by atoms with van der Waals surface area (Å²) in [5, 5.41) is 12.1. The molecule has 0 atom stereocenters. The van der Waals surface area contributed by atoms with E-state index in [1.807, 2.05) is 26.0 Å². The van der Waals surface area contributed by atoms with Crippen molar-refractivity contribution in [2.45, 2.75) is 39.7 Å². The molecule has 0 aromatic heterocycles. The molecule has 1 aliphatic heterocycles. The second-order valence-electron chi connectivity index (χ2n) is 5.80. The van der Waals surface area contributed by atoms with Crippen molar-refractivity contribution in [2.75, 3.05) is 16.8 Å². The largest absolute Gasteiger partial charge is 0.481 e. The summed E-state index contributed by atoms with van der Waals surface area (Å²) in [6, 6.07) is 3.94. The van der Waals surface area contributed by atoms with Gasteiger partial charge in [0.1, 0.15) is 5.54 Å². The van der Waals surface area contributed by atoms with Crippen LogP contribution in [0.15, 0.2) is 12.1 Å². The maximum atomic E-state index is 12.5. The average Bonchev–Trinajstić information content (AvgIpc) is 2.32. The number of carboxylic acid groups (broad SMARTS) is 1. The van der Waals surface area contributed by atoms with Crippen molar-refractivity contribution in [1.29, 1.82) is 0 Å². The van der Waals surface area contributed by atoms with E-state index < -0.39 is 11.5 Å².